The first-order valence-electron chi connectivity index (χ1n) is 7.23. The number of likely N-dealkylation sites (tertiary alicyclic amines) is 1. The highest BCUT2D eigenvalue weighted by Gasteiger charge is 2.30. The lowest BCUT2D eigenvalue weighted by atomic mass is 9.93. The Morgan fingerprint density at radius 3 is 2.67 bits per heavy atom. The number of piperidine rings is 1. The van der Waals surface area contributed by atoms with Crippen LogP contribution in [0.15, 0.2) is 29.2 Å². The van der Waals surface area contributed by atoms with Gasteiger partial charge in [0.2, 0.25) is 0 Å². The number of fused-ring (bicyclic) bond motifs is 1. The van der Waals surface area contributed by atoms with Gasteiger partial charge in [-0.15, -0.1) is 11.8 Å². The molecule has 3 unspecified atom stereocenters. The Kier molecular flexibility index (Phi) is 3.67. The summed E-state index contributed by atoms with van der Waals surface area (Å²) < 4.78 is 0. The fourth-order valence-corrected chi connectivity index (χ4v) is 4.71. The molecular formula is C16H23NS. The fourth-order valence-electron chi connectivity index (χ4n) is 3.47. The van der Waals surface area contributed by atoms with E-state index in [1.165, 1.54) is 36.5 Å². The van der Waals surface area contributed by atoms with Crippen LogP contribution in [0.25, 0.3) is 0 Å². The van der Waals surface area contributed by atoms with Crippen molar-refractivity contribution in [3.05, 3.63) is 29.8 Å². The van der Waals surface area contributed by atoms with Gasteiger partial charge in [0.05, 0.1) is 0 Å². The molecule has 98 valence electrons. The second-order valence-corrected chi connectivity index (χ2v) is 6.93. The van der Waals surface area contributed by atoms with Crippen LogP contribution in [0.4, 0.5) is 0 Å². The molecule has 0 aliphatic carbocycles. The highest BCUT2D eigenvalue weighted by atomic mass is 32.2. The molecule has 2 heteroatoms. The van der Waals surface area contributed by atoms with Crippen molar-refractivity contribution in [2.45, 2.75) is 56.0 Å². The minimum absolute atomic E-state index is 0.745. The van der Waals surface area contributed by atoms with Gasteiger partial charge in [-0.2, -0.15) is 0 Å². The number of benzene rings is 1. The third-order valence-electron chi connectivity index (χ3n) is 4.61. The number of nitrogens with zero attached hydrogens (tertiary/aromatic N) is 1. The van der Waals surface area contributed by atoms with Crippen molar-refractivity contribution in [3.63, 3.8) is 0 Å². The Morgan fingerprint density at radius 2 is 1.89 bits per heavy atom. The van der Waals surface area contributed by atoms with E-state index >= 15 is 0 Å². The lowest BCUT2D eigenvalue weighted by Crippen LogP contribution is -2.45. The van der Waals surface area contributed by atoms with E-state index in [0.717, 1.165) is 18.0 Å². The maximum absolute atomic E-state index is 2.75. The summed E-state index contributed by atoms with van der Waals surface area (Å²) in [6.45, 7) is 6.07. The van der Waals surface area contributed by atoms with Crippen LogP contribution in [0.3, 0.4) is 0 Å². The summed E-state index contributed by atoms with van der Waals surface area (Å²) in [5, 5.41) is 0. The second-order valence-electron chi connectivity index (χ2n) is 5.87. The third-order valence-corrected chi connectivity index (χ3v) is 5.86. The molecule has 0 amide bonds. The minimum Gasteiger partial charge on any atom is -0.297 e. The first kappa shape index (κ1) is 12.6. The lowest BCUT2D eigenvalue weighted by Gasteiger charge is -2.40. The van der Waals surface area contributed by atoms with Crippen LogP contribution >= 0.6 is 11.8 Å². The van der Waals surface area contributed by atoms with E-state index in [1.54, 1.807) is 5.56 Å². The average Bonchev–Trinajstić information content (AvgIpc) is 2.77. The zero-order valence-electron chi connectivity index (χ0n) is 11.4. The van der Waals surface area contributed by atoms with Gasteiger partial charge in [-0.3, -0.25) is 4.90 Å². The van der Waals surface area contributed by atoms with Gasteiger partial charge in [0.15, 0.2) is 0 Å². The number of thioether (sulfide) groups is 1. The zero-order chi connectivity index (χ0) is 12.5. The Hall–Kier alpha value is -0.470. The molecule has 18 heavy (non-hydrogen) atoms. The fraction of sp³-hybridized carbons (Fsp3) is 0.625. The molecule has 3 rings (SSSR count). The highest BCUT2D eigenvalue weighted by Crippen LogP contribution is 2.40. The molecule has 1 aromatic rings. The van der Waals surface area contributed by atoms with Crippen molar-refractivity contribution in [2.24, 2.45) is 0 Å². The number of hydrogen-bond donors (Lipinski definition) is 0. The quantitative estimate of drug-likeness (QED) is 0.787. The molecule has 0 saturated carbocycles. The summed E-state index contributed by atoms with van der Waals surface area (Å²) >= 11 is 2.04. The van der Waals surface area contributed by atoms with Gasteiger partial charge < -0.3 is 0 Å². The molecule has 2 heterocycles. The largest absolute Gasteiger partial charge is 0.297 e. The van der Waals surface area contributed by atoms with Gasteiger partial charge in [0.25, 0.3) is 0 Å². The van der Waals surface area contributed by atoms with E-state index in [9.17, 15) is 0 Å². The van der Waals surface area contributed by atoms with Crippen LogP contribution in [0.5, 0.6) is 0 Å². The Morgan fingerprint density at radius 1 is 1.17 bits per heavy atom. The van der Waals surface area contributed by atoms with Crippen molar-refractivity contribution in [1.82, 2.24) is 4.90 Å². The molecule has 2 aliphatic rings. The van der Waals surface area contributed by atoms with Crippen molar-refractivity contribution in [2.75, 3.05) is 12.3 Å². The van der Waals surface area contributed by atoms with E-state index in [4.69, 9.17) is 0 Å². The summed E-state index contributed by atoms with van der Waals surface area (Å²) in [5.74, 6) is 2.02. The Balaban J connectivity index is 1.74. The van der Waals surface area contributed by atoms with E-state index in [1.807, 2.05) is 11.8 Å². The van der Waals surface area contributed by atoms with E-state index in [0.29, 0.717) is 0 Å². The van der Waals surface area contributed by atoms with Gasteiger partial charge in [-0.05, 0) is 38.3 Å². The molecule has 1 aromatic carbocycles. The molecule has 2 aliphatic heterocycles. The van der Waals surface area contributed by atoms with Crippen molar-refractivity contribution in [3.8, 4) is 0 Å². The maximum Gasteiger partial charge on any atom is 0.0108 e. The first-order valence-corrected chi connectivity index (χ1v) is 8.21. The van der Waals surface area contributed by atoms with E-state index in [-0.39, 0.29) is 0 Å². The normalized spacial score (nSPS) is 32.4. The predicted octanol–water partition coefficient (Wildman–Crippen LogP) is 4.14. The SMILES string of the molecule is CC1CCCC(C)N1CC1CSc2ccccc21. The smallest absolute Gasteiger partial charge is 0.0108 e. The minimum atomic E-state index is 0.745. The highest BCUT2D eigenvalue weighted by molar-refractivity contribution is 7.99. The molecule has 1 saturated heterocycles. The summed E-state index contributed by atoms with van der Waals surface area (Å²) in [6, 6.07) is 10.5. The molecule has 0 radical (unpaired) electrons. The zero-order valence-corrected chi connectivity index (χ0v) is 12.2. The summed E-state index contributed by atoms with van der Waals surface area (Å²) in [5.41, 5.74) is 1.59. The molecule has 1 fully saturated rings. The monoisotopic (exact) mass is 261 g/mol. The summed E-state index contributed by atoms with van der Waals surface area (Å²) in [6.07, 6.45) is 4.17. The van der Waals surface area contributed by atoms with Crippen LogP contribution in [0.1, 0.15) is 44.6 Å². The molecule has 0 bridgehead atoms. The molecule has 0 aromatic heterocycles. The number of rotatable bonds is 2. The van der Waals surface area contributed by atoms with Gasteiger partial charge in [-0.25, -0.2) is 0 Å². The Bertz CT molecular complexity index is 407. The van der Waals surface area contributed by atoms with Crippen molar-refractivity contribution >= 4 is 11.8 Å². The van der Waals surface area contributed by atoms with E-state index in [2.05, 4.69) is 43.0 Å². The second kappa shape index (κ2) is 5.26. The van der Waals surface area contributed by atoms with Crippen molar-refractivity contribution < 1.29 is 0 Å². The summed E-state index contributed by atoms with van der Waals surface area (Å²) in [4.78, 5) is 4.26. The predicted molar refractivity (Wildman–Crippen MR) is 79.4 cm³/mol. The van der Waals surface area contributed by atoms with E-state index < -0.39 is 0 Å². The molecule has 0 spiro atoms. The summed E-state index contributed by atoms with van der Waals surface area (Å²) in [7, 11) is 0. The van der Waals surface area contributed by atoms with Crippen molar-refractivity contribution in [1.29, 1.82) is 0 Å². The maximum atomic E-state index is 2.75. The molecule has 0 N–H and O–H groups in total. The molecule has 3 atom stereocenters. The standard InChI is InChI=1S/C16H23NS/c1-12-6-5-7-13(2)17(12)10-14-11-18-16-9-4-3-8-15(14)16/h3-4,8-9,12-14H,5-7,10-11H2,1-2H3. The third kappa shape index (κ3) is 2.33. The van der Waals surface area contributed by atoms with Crippen LogP contribution < -0.4 is 0 Å². The van der Waals surface area contributed by atoms with Gasteiger partial charge in [0.1, 0.15) is 0 Å². The van der Waals surface area contributed by atoms with Crippen LogP contribution in [-0.2, 0) is 0 Å². The van der Waals surface area contributed by atoms with Gasteiger partial charge in [-0.1, -0.05) is 24.6 Å². The average molecular weight is 261 g/mol. The molecular weight excluding hydrogens is 238 g/mol. The topological polar surface area (TPSA) is 3.24 Å². The van der Waals surface area contributed by atoms with Crippen LogP contribution in [-0.4, -0.2) is 29.3 Å². The van der Waals surface area contributed by atoms with Crippen LogP contribution in [0.2, 0.25) is 0 Å². The van der Waals surface area contributed by atoms with Crippen LogP contribution in [0, 0.1) is 0 Å². The van der Waals surface area contributed by atoms with Gasteiger partial charge >= 0.3 is 0 Å². The first-order chi connectivity index (χ1) is 8.75. The Labute approximate surface area is 115 Å². The number of hydrogen-bond acceptors (Lipinski definition) is 2. The lowest BCUT2D eigenvalue weighted by molar-refractivity contribution is 0.0981. The van der Waals surface area contributed by atoms with Gasteiger partial charge in [0, 0.05) is 35.2 Å². The molecule has 1 nitrogen and oxygen atoms in total.